The Hall–Kier alpha value is -1.76. The highest BCUT2D eigenvalue weighted by atomic mass is 32.1. The Balaban J connectivity index is 1.71. The summed E-state index contributed by atoms with van der Waals surface area (Å²) in [5, 5.41) is 9.66. The monoisotopic (exact) mass is 264 g/mol. The zero-order chi connectivity index (χ0) is 12.5. The van der Waals surface area contributed by atoms with Crippen LogP contribution >= 0.6 is 11.3 Å². The van der Waals surface area contributed by atoms with E-state index in [9.17, 15) is 4.79 Å². The summed E-state index contributed by atoms with van der Waals surface area (Å²) < 4.78 is 4.99. The maximum absolute atomic E-state index is 11.5. The molecule has 6 nitrogen and oxygen atoms in total. The fraction of sp³-hybridized carbons (Fsp3) is 0.455. The van der Waals surface area contributed by atoms with Crippen LogP contribution in [0.25, 0.3) is 10.8 Å². The minimum atomic E-state index is -0.144. The molecular weight excluding hydrogens is 252 g/mol. The first-order valence-electron chi connectivity index (χ1n) is 5.78. The number of hydrogen-bond donors (Lipinski definition) is 1. The first-order chi connectivity index (χ1) is 8.79. The number of hydrogen-bond acceptors (Lipinski definition) is 6. The highest BCUT2D eigenvalue weighted by Gasteiger charge is 2.47. The number of aromatic amines is 1. The van der Waals surface area contributed by atoms with E-state index in [-0.39, 0.29) is 17.8 Å². The summed E-state index contributed by atoms with van der Waals surface area (Å²) in [6.45, 7) is 2.23. The standard InChI is InChI=1S/C11H12N4O2S/c1-2-17-11(16)7-5-6(7)8-13-9(15-14-8)10-12-3-4-18-10/h3-4,6-7H,2,5H2,1H3,(H,13,14,15)/t6-,7-/m1/s1. The maximum atomic E-state index is 11.5. The lowest BCUT2D eigenvalue weighted by molar-refractivity contribution is -0.144. The third-order valence-corrected chi connectivity index (χ3v) is 3.63. The van der Waals surface area contributed by atoms with Crippen LogP contribution in [-0.2, 0) is 9.53 Å². The number of carbonyl (C=O) groups excluding carboxylic acids is 1. The molecule has 94 valence electrons. The van der Waals surface area contributed by atoms with E-state index in [0.717, 1.165) is 17.3 Å². The second-order valence-corrected chi connectivity index (χ2v) is 4.98. The number of thiazole rings is 1. The largest absolute Gasteiger partial charge is 0.466 e. The van der Waals surface area contributed by atoms with Gasteiger partial charge in [0, 0.05) is 17.5 Å². The van der Waals surface area contributed by atoms with Gasteiger partial charge in [-0.05, 0) is 13.3 Å². The molecule has 0 amide bonds. The van der Waals surface area contributed by atoms with E-state index < -0.39 is 0 Å². The fourth-order valence-electron chi connectivity index (χ4n) is 1.88. The first kappa shape index (κ1) is 11.3. The molecule has 1 N–H and O–H groups in total. The van der Waals surface area contributed by atoms with Crippen LogP contribution in [0.2, 0.25) is 0 Å². The topological polar surface area (TPSA) is 80.8 Å². The van der Waals surface area contributed by atoms with Gasteiger partial charge >= 0.3 is 5.97 Å². The Morgan fingerprint density at radius 1 is 1.67 bits per heavy atom. The van der Waals surface area contributed by atoms with Crippen LogP contribution in [0, 0.1) is 5.92 Å². The molecule has 0 saturated heterocycles. The number of carbonyl (C=O) groups is 1. The Morgan fingerprint density at radius 2 is 2.56 bits per heavy atom. The smallest absolute Gasteiger partial charge is 0.309 e. The van der Waals surface area contributed by atoms with E-state index in [2.05, 4.69) is 20.2 Å². The Morgan fingerprint density at radius 3 is 3.28 bits per heavy atom. The van der Waals surface area contributed by atoms with Gasteiger partial charge in [0.25, 0.3) is 0 Å². The van der Waals surface area contributed by atoms with E-state index in [1.807, 2.05) is 12.3 Å². The number of H-pyrrole nitrogens is 1. The van der Waals surface area contributed by atoms with Crippen molar-refractivity contribution >= 4 is 17.3 Å². The normalized spacial score (nSPS) is 21.8. The predicted molar refractivity (Wildman–Crippen MR) is 65.0 cm³/mol. The van der Waals surface area contributed by atoms with Crippen molar-refractivity contribution in [1.82, 2.24) is 20.2 Å². The van der Waals surface area contributed by atoms with Crippen LogP contribution in [0.3, 0.4) is 0 Å². The second kappa shape index (κ2) is 4.49. The molecule has 3 rings (SSSR count). The van der Waals surface area contributed by atoms with E-state index in [1.54, 1.807) is 6.20 Å². The quantitative estimate of drug-likeness (QED) is 0.848. The van der Waals surface area contributed by atoms with Crippen LogP contribution < -0.4 is 0 Å². The number of nitrogens with one attached hydrogen (secondary N) is 1. The van der Waals surface area contributed by atoms with Crippen molar-refractivity contribution in [2.45, 2.75) is 19.3 Å². The van der Waals surface area contributed by atoms with Crippen LogP contribution in [-0.4, -0.2) is 32.7 Å². The minimum Gasteiger partial charge on any atom is -0.466 e. The van der Waals surface area contributed by atoms with Crippen molar-refractivity contribution in [3.8, 4) is 10.8 Å². The number of aromatic nitrogens is 4. The zero-order valence-electron chi connectivity index (χ0n) is 9.79. The molecule has 0 aromatic carbocycles. The Kier molecular flexibility index (Phi) is 2.83. The molecule has 1 aliphatic rings. The van der Waals surface area contributed by atoms with Crippen molar-refractivity contribution in [2.24, 2.45) is 5.92 Å². The first-order valence-corrected chi connectivity index (χ1v) is 6.66. The van der Waals surface area contributed by atoms with Crippen molar-refractivity contribution in [3.63, 3.8) is 0 Å². The summed E-state index contributed by atoms with van der Waals surface area (Å²) in [6.07, 6.45) is 2.50. The zero-order valence-corrected chi connectivity index (χ0v) is 10.6. The molecule has 1 fully saturated rings. The van der Waals surface area contributed by atoms with Gasteiger partial charge in [0.2, 0.25) is 5.82 Å². The van der Waals surface area contributed by atoms with Crippen LogP contribution in [0.1, 0.15) is 25.1 Å². The molecule has 18 heavy (non-hydrogen) atoms. The minimum absolute atomic E-state index is 0.0676. The third kappa shape index (κ3) is 2.01. The van der Waals surface area contributed by atoms with Gasteiger partial charge in [-0.2, -0.15) is 5.10 Å². The van der Waals surface area contributed by atoms with Crippen molar-refractivity contribution in [1.29, 1.82) is 0 Å². The SMILES string of the molecule is CCOC(=O)[C@@H]1C[C@H]1c1nc(-c2nccs2)n[nH]1. The molecule has 1 aliphatic carbocycles. The molecule has 2 aromatic heterocycles. The lowest BCUT2D eigenvalue weighted by atomic mass is 10.3. The molecule has 2 heterocycles. The van der Waals surface area contributed by atoms with Gasteiger partial charge in [0.1, 0.15) is 5.82 Å². The molecular formula is C11H12N4O2S. The average Bonchev–Trinajstić information content (AvgIpc) is 2.82. The number of nitrogens with zero attached hydrogens (tertiary/aromatic N) is 3. The number of ether oxygens (including phenoxy) is 1. The summed E-state index contributed by atoms with van der Waals surface area (Å²) in [6, 6.07) is 0. The third-order valence-electron chi connectivity index (χ3n) is 2.86. The lowest BCUT2D eigenvalue weighted by Gasteiger charge is -1.98. The van der Waals surface area contributed by atoms with Gasteiger partial charge < -0.3 is 4.74 Å². The van der Waals surface area contributed by atoms with Crippen LogP contribution in [0.15, 0.2) is 11.6 Å². The Bertz CT molecular complexity index is 551. The van der Waals surface area contributed by atoms with E-state index in [0.29, 0.717) is 12.4 Å². The summed E-state index contributed by atoms with van der Waals surface area (Å²) in [7, 11) is 0. The van der Waals surface area contributed by atoms with Gasteiger partial charge in [-0.1, -0.05) is 0 Å². The molecule has 0 spiro atoms. The molecule has 0 bridgehead atoms. The van der Waals surface area contributed by atoms with Crippen molar-refractivity contribution in [3.05, 3.63) is 17.4 Å². The molecule has 0 radical (unpaired) electrons. The van der Waals surface area contributed by atoms with Crippen molar-refractivity contribution in [2.75, 3.05) is 6.61 Å². The van der Waals surface area contributed by atoms with Crippen molar-refractivity contribution < 1.29 is 9.53 Å². The van der Waals surface area contributed by atoms with Crippen LogP contribution in [0.4, 0.5) is 0 Å². The molecule has 1 saturated carbocycles. The second-order valence-electron chi connectivity index (χ2n) is 4.08. The van der Waals surface area contributed by atoms with Gasteiger partial charge in [-0.3, -0.25) is 9.89 Å². The van der Waals surface area contributed by atoms with Crippen LogP contribution in [0.5, 0.6) is 0 Å². The molecule has 0 aliphatic heterocycles. The predicted octanol–water partition coefficient (Wildman–Crippen LogP) is 1.59. The average molecular weight is 264 g/mol. The molecule has 2 aromatic rings. The van der Waals surface area contributed by atoms with E-state index in [4.69, 9.17) is 4.74 Å². The molecule has 7 heteroatoms. The fourth-order valence-corrected chi connectivity index (χ4v) is 2.45. The maximum Gasteiger partial charge on any atom is 0.309 e. The lowest BCUT2D eigenvalue weighted by Crippen LogP contribution is -2.07. The van der Waals surface area contributed by atoms with Gasteiger partial charge in [0.05, 0.1) is 12.5 Å². The van der Waals surface area contributed by atoms with Gasteiger partial charge in [0.15, 0.2) is 5.01 Å². The molecule has 2 atom stereocenters. The van der Waals surface area contributed by atoms with Gasteiger partial charge in [-0.15, -0.1) is 11.3 Å². The highest BCUT2D eigenvalue weighted by Crippen LogP contribution is 2.47. The highest BCUT2D eigenvalue weighted by molar-refractivity contribution is 7.12. The summed E-state index contributed by atoms with van der Waals surface area (Å²) in [4.78, 5) is 20.1. The molecule has 0 unspecified atom stereocenters. The van der Waals surface area contributed by atoms with Gasteiger partial charge in [-0.25, -0.2) is 9.97 Å². The summed E-state index contributed by atoms with van der Waals surface area (Å²) in [5.74, 6) is 1.25. The van der Waals surface area contributed by atoms with E-state index in [1.165, 1.54) is 11.3 Å². The Labute approximate surface area is 107 Å². The number of rotatable bonds is 4. The van der Waals surface area contributed by atoms with E-state index >= 15 is 0 Å². The summed E-state index contributed by atoms with van der Waals surface area (Å²) >= 11 is 1.49. The number of esters is 1. The summed E-state index contributed by atoms with van der Waals surface area (Å²) in [5.41, 5.74) is 0.